The van der Waals surface area contributed by atoms with Crippen LogP contribution in [-0.2, 0) is 11.3 Å². The van der Waals surface area contributed by atoms with E-state index in [9.17, 15) is 9.59 Å². The van der Waals surface area contributed by atoms with Crippen molar-refractivity contribution in [2.24, 2.45) is 5.92 Å². The van der Waals surface area contributed by atoms with Gasteiger partial charge in [-0.2, -0.15) is 0 Å². The number of nitrogens with zero attached hydrogens (tertiary/aromatic N) is 1. The van der Waals surface area contributed by atoms with Crippen molar-refractivity contribution in [2.75, 3.05) is 26.2 Å². The fourth-order valence-corrected chi connectivity index (χ4v) is 6.09. The monoisotopic (exact) mass is 499 g/mol. The number of thiophene rings is 1. The van der Waals surface area contributed by atoms with Crippen LogP contribution in [0.4, 0.5) is 4.79 Å². The number of nitrogens with one attached hydrogen (secondary N) is 2. The summed E-state index contributed by atoms with van der Waals surface area (Å²) in [7, 11) is 0. The summed E-state index contributed by atoms with van der Waals surface area (Å²) >= 11 is 1.53. The zero-order valence-electron chi connectivity index (χ0n) is 19.2. The number of fused-ring (bicyclic) bond motifs is 4. The Labute approximate surface area is 210 Å². The van der Waals surface area contributed by atoms with Gasteiger partial charge in [0.15, 0.2) is 0 Å². The fourth-order valence-electron chi connectivity index (χ4n) is 5.00. The molecule has 2 N–H and O–H groups in total. The standard InChI is InChI=1S/C26H29N3O3S.ClH/c1-2-27-26(31)32-16-19-6-3-4-8-20(19)21-9-5-7-18-14-23(33-24(18)21)25(30)28-22-15-29-12-10-17(22)11-13-29;/h3-9,14,17,22H,2,10-13,15-16H2,1H3,(H,27,31)(H,28,30);1H/t22-;/m0./s1. The number of hydrogen-bond acceptors (Lipinski definition) is 5. The molecule has 0 spiro atoms. The molecule has 34 heavy (non-hydrogen) atoms. The number of carbonyl (C=O) groups is 2. The number of hydrogen-bond donors (Lipinski definition) is 2. The maximum atomic E-state index is 13.1. The van der Waals surface area contributed by atoms with Crippen LogP contribution in [-0.4, -0.2) is 49.1 Å². The Balaban J connectivity index is 0.00000274. The van der Waals surface area contributed by atoms with Crippen molar-refractivity contribution in [1.29, 1.82) is 0 Å². The van der Waals surface area contributed by atoms with Gasteiger partial charge in [0.25, 0.3) is 5.91 Å². The molecule has 6 rings (SSSR count). The zero-order chi connectivity index (χ0) is 22.8. The van der Waals surface area contributed by atoms with E-state index in [1.165, 1.54) is 24.2 Å². The third-order valence-corrected chi connectivity index (χ3v) is 7.91. The Bertz CT molecular complexity index is 1170. The molecule has 0 radical (unpaired) electrons. The van der Waals surface area contributed by atoms with Gasteiger partial charge >= 0.3 is 6.09 Å². The van der Waals surface area contributed by atoms with Gasteiger partial charge in [0.1, 0.15) is 6.61 Å². The molecular formula is C26H30ClN3O3S. The van der Waals surface area contributed by atoms with E-state index in [0.717, 1.165) is 51.3 Å². The summed E-state index contributed by atoms with van der Waals surface area (Å²) in [5.41, 5.74) is 3.00. The molecule has 180 valence electrons. The third-order valence-electron chi connectivity index (χ3n) is 6.73. The molecule has 4 heterocycles. The van der Waals surface area contributed by atoms with Gasteiger partial charge in [0.2, 0.25) is 0 Å². The highest BCUT2D eigenvalue weighted by atomic mass is 35.5. The van der Waals surface area contributed by atoms with Crippen molar-refractivity contribution in [2.45, 2.75) is 32.4 Å². The van der Waals surface area contributed by atoms with Gasteiger partial charge in [-0.1, -0.05) is 42.5 Å². The summed E-state index contributed by atoms with van der Waals surface area (Å²) in [5, 5.41) is 7.02. The van der Waals surface area contributed by atoms with Gasteiger partial charge < -0.3 is 20.3 Å². The molecule has 8 heteroatoms. The number of benzene rings is 2. The Morgan fingerprint density at radius 2 is 1.85 bits per heavy atom. The van der Waals surface area contributed by atoms with Crippen molar-refractivity contribution in [1.82, 2.24) is 15.5 Å². The number of halogens is 1. The molecule has 3 aliphatic heterocycles. The first-order chi connectivity index (χ1) is 16.1. The first-order valence-electron chi connectivity index (χ1n) is 11.7. The number of ether oxygens (including phenoxy) is 1. The van der Waals surface area contributed by atoms with Crippen LogP contribution in [0.3, 0.4) is 0 Å². The summed E-state index contributed by atoms with van der Waals surface area (Å²) in [6, 6.07) is 16.3. The number of alkyl carbamates (subject to hydrolysis) is 1. The lowest BCUT2D eigenvalue weighted by atomic mass is 9.84. The Hall–Kier alpha value is -2.61. The highest BCUT2D eigenvalue weighted by molar-refractivity contribution is 7.21. The van der Waals surface area contributed by atoms with Gasteiger partial charge in [-0.25, -0.2) is 4.79 Å². The lowest BCUT2D eigenvalue weighted by Gasteiger charge is -2.44. The topological polar surface area (TPSA) is 70.7 Å². The average Bonchev–Trinajstić information content (AvgIpc) is 3.29. The molecule has 2 amide bonds. The lowest BCUT2D eigenvalue weighted by molar-refractivity contribution is 0.0622. The highest BCUT2D eigenvalue weighted by Crippen LogP contribution is 2.37. The van der Waals surface area contributed by atoms with E-state index in [-0.39, 0.29) is 31.0 Å². The second kappa shape index (κ2) is 10.8. The van der Waals surface area contributed by atoms with Gasteiger partial charge in [0, 0.05) is 23.8 Å². The van der Waals surface area contributed by atoms with E-state index in [1.807, 2.05) is 49.4 Å². The molecule has 0 saturated carbocycles. The average molecular weight is 500 g/mol. The SMILES string of the molecule is CCNC(=O)OCc1ccccc1-c1cccc2cc(C(=O)N[C@H]3CN4CCC3CC4)sc12.Cl. The molecule has 2 bridgehead atoms. The minimum Gasteiger partial charge on any atom is -0.445 e. The van der Waals surface area contributed by atoms with E-state index in [2.05, 4.69) is 21.6 Å². The molecule has 6 nitrogen and oxygen atoms in total. The fraction of sp³-hybridized carbons (Fsp3) is 0.385. The quantitative estimate of drug-likeness (QED) is 0.497. The summed E-state index contributed by atoms with van der Waals surface area (Å²) in [4.78, 5) is 28.1. The lowest BCUT2D eigenvalue weighted by Crippen LogP contribution is -2.57. The number of amides is 2. The molecule has 3 fully saturated rings. The minimum atomic E-state index is -0.423. The van der Waals surface area contributed by atoms with Crippen molar-refractivity contribution in [3.63, 3.8) is 0 Å². The number of carbonyl (C=O) groups excluding carboxylic acids is 2. The van der Waals surface area contributed by atoms with E-state index in [4.69, 9.17) is 4.74 Å². The molecule has 2 aromatic carbocycles. The Morgan fingerprint density at radius 3 is 2.59 bits per heavy atom. The van der Waals surface area contributed by atoms with Crippen LogP contribution in [0, 0.1) is 5.92 Å². The first-order valence-corrected chi connectivity index (χ1v) is 12.5. The first kappa shape index (κ1) is 24.5. The second-order valence-corrected chi connectivity index (χ2v) is 9.87. The molecule has 1 atom stereocenters. The van der Waals surface area contributed by atoms with E-state index in [0.29, 0.717) is 12.5 Å². The molecule has 3 aliphatic rings. The van der Waals surface area contributed by atoms with Crippen LogP contribution < -0.4 is 10.6 Å². The molecule has 1 aromatic heterocycles. The third kappa shape index (κ3) is 5.06. The predicted molar refractivity (Wildman–Crippen MR) is 139 cm³/mol. The number of rotatable bonds is 6. The van der Waals surface area contributed by atoms with E-state index >= 15 is 0 Å². The second-order valence-electron chi connectivity index (χ2n) is 8.82. The maximum Gasteiger partial charge on any atom is 0.407 e. The van der Waals surface area contributed by atoms with Crippen LogP contribution >= 0.6 is 23.7 Å². The van der Waals surface area contributed by atoms with E-state index < -0.39 is 6.09 Å². The van der Waals surface area contributed by atoms with Gasteiger partial charge in [0.05, 0.1) is 4.88 Å². The zero-order valence-corrected chi connectivity index (χ0v) is 20.8. The summed E-state index contributed by atoms with van der Waals surface area (Å²) in [5.74, 6) is 0.620. The Kier molecular flexibility index (Phi) is 7.76. The highest BCUT2D eigenvalue weighted by Gasteiger charge is 2.35. The van der Waals surface area contributed by atoms with Crippen LogP contribution in [0.2, 0.25) is 0 Å². The van der Waals surface area contributed by atoms with Crippen molar-refractivity contribution in [3.8, 4) is 11.1 Å². The van der Waals surface area contributed by atoms with E-state index in [1.54, 1.807) is 0 Å². The van der Waals surface area contributed by atoms with Crippen molar-refractivity contribution < 1.29 is 14.3 Å². The predicted octanol–water partition coefficient (Wildman–Crippen LogP) is 5.06. The summed E-state index contributed by atoms with van der Waals surface area (Å²) in [6.07, 6.45) is 1.93. The largest absolute Gasteiger partial charge is 0.445 e. The van der Waals surface area contributed by atoms with Crippen LogP contribution in [0.1, 0.15) is 35.0 Å². The van der Waals surface area contributed by atoms with Gasteiger partial charge in [-0.3, -0.25) is 4.79 Å². The number of piperidine rings is 3. The molecule has 0 aliphatic carbocycles. The molecule has 3 aromatic rings. The van der Waals surface area contributed by atoms with Crippen LogP contribution in [0.15, 0.2) is 48.5 Å². The normalized spacial score (nSPS) is 21.0. The molecule has 3 saturated heterocycles. The molecular weight excluding hydrogens is 470 g/mol. The van der Waals surface area contributed by atoms with Crippen molar-refractivity contribution in [3.05, 3.63) is 59.0 Å². The minimum absolute atomic E-state index is 0. The van der Waals surface area contributed by atoms with Crippen molar-refractivity contribution >= 4 is 45.8 Å². The maximum absolute atomic E-state index is 13.1. The Morgan fingerprint density at radius 1 is 1.09 bits per heavy atom. The van der Waals surface area contributed by atoms with Gasteiger partial charge in [-0.05, 0) is 66.9 Å². The molecule has 0 unspecified atom stereocenters. The summed E-state index contributed by atoms with van der Waals surface area (Å²) in [6.45, 7) is 5.86. The summed E-state index contributed by atoms with van der Waals surface area (Å²) < 4.78 is 6.45. The van der Waals surface area contributed by atoms with Gasteiger partial charge in [-0.15, -0.1) is 23.7 Å². The van der Waals surface area contributed by atoms with Crippen LogP contribution in [0.5, 0.6) is 0 Å². The van der Waals surface area contributed by atoms with Crippen LogP contribution in [0.25, 0.3) is 21.2 Å². The smallest absolute Gasteiger partial charge is 0.407 e.